The van der Waals surface area contributed by atoms with Gasteiger partial charge in [-0.15, -0.1) is 5.11 Å². The quantitative estimate of drug-likeness (QED) is 0.616. The molecule has 18 heavy (non-hydrogen) atoms. The van der Waals surface area contributed by atoms with E-state index in [2.05, 4.69) is 10.2 Å². The smallest absolute Gasteiger partial charge is 0.120 e. The lowest BCUT2D eigenvalue weighted by Crippen LogP contribution is -1.86. The zero-order valence-corrected chi connectivity index (χ0v) is 10.4. The molecule has 0 aromatic heterocycles. The maximum absolute atomic E-state index is 9.49. The number of nitrogens with zero attached hydrogens (tertiary/aromatic N) is 2. The summed E-state index contributed by atoms with van der Waals surface area (Å²) in [6, 6.07) is 10.9. The minimum atomic E-state index is 0.168. The van der Waals surface area contributed by atoms with Crippen LogP contribution in [0.3, 0.4) is 0 Å². The van der Waals surface area contributed by atoms with Crippen LogP contribution in [0.5, 0.6) is 5.75 Å². The predicted molar refractivity (Wildman–Crippen MR) is 72.6 cm³/mol. The number of nitrogens with two attached hydrogens (primary N) is 1. The third-order valence-corrected chi connectivity index (χ3v) is 2.65. The molecular formula is C14H15N3O. The number of hydrogen-bond acceptors (Lipinski definition) is 4. The maximum Gasteiger partial charge on any atom is 0.120 e. The molecule has 0 saturated carbocycles. The Balaban J connectivity index is 2.28. The van der Waals surface area contributed by atoms with E-state index in [4.69, 9.17) is 5.73 Å². The third-order valence-electron chi connectivity index (χ3n) is 2.65. The molecule has 4 nitrogen and oxygen atoms in total. The Hall–Kier alpha value is -2.36. The van der Waals surface area contributed by atoms with Crippen molar-refractivity contribution in [3.8, 4) is 5.75 Å². The van der Waals surface area contributed by atoms with Crippen molar-refractivity contribution in [3.63, 3.8) is 0 Å². The van der Waals surface area contributed by atoms with Crippen molar-refractivity contribution < 1.29 is 5.11 Å². The number of benzene rings is 2. The second-order valence-electron chi connectivity index (χ2n) is 4.23. The van der Waals surface area contributed by atoms with Gasteiger partial charge in [-0.1, -0.05) is 17.7 Å². The Morgan fingerprint density at radius 2 is 1.67 bits per heavy atom. The van der Waals surface area contributed by atoms with E-state index in [1.807, 2.05) is 31.2 Å². The van der Waals surface area contributed by atoms with Gasteiger partial charge < -0.3 is 10.8 Å². The average molecular weight is 241 g/mol. The number of rotatable bonds is 2. The lowest BCUT2D eigenvalue weighted by molar-refractivity contribution is 0.471. The Morgan fingerprint density at radius 3 is 2.33 bits per heavy atom. The summed E-state index contributed by atoms with van der Waals surface area (Å²) in [5.41, 5.74) is 9.41. The van der Waals surface area contributed by atoms with Gasteiger partial charge in [0.05, 0.1) is 11.4 Å². The molecule has 0 saturated heterocycles. The number of hydrogen-bond donors (Lipinski definition) is 2. The lowest BCUT2D eigenvalue weighted by atomic mass is 10.2. The fourth-order valence-corrected chi connectivity index (χ4v) is 1.51. The summed E-state index contributed by atoms with van der Waals surface area (Å²) in [7, 11) is 0. The van der Waals surface area contributed by atoms with E-state index in [-0.39, 0.29) is 5.75 Å². The molecule has 2 rings (SSSR count). The third kappa shape index (κ3) is 2.66. The second kappa shape index (κ2) is 4.87. The number of azo groups is 1. The van der Waals surface area contributed by atoms with Gasteiger partial charge >= 0.3 is 0 Å². The van der Waals surface area contributed by atoms with Crippen LogP contribution in [-0.2, 0) is 0 Å². The van der Waals surface area contributed by atoms with Crippen LogP contribution in [0.4, 0.5) is 17.1 Å². The monoisotopic (exact) mass is 241 g/mol. The normalized spacial score (nSPS) is 11.0. The Labute approximate surface area is 106 Å². The van der Waals surface area contributed by atoms with E-state index in [9.17, 15) is 5.11 Å². The number of aromatic hydroxyl groups is 1. The molecule has 3 N–H and O–H groups in total. The second-order valence-corrected chi connectivity index (χ2v) is 4.23. The van der Waals surface area contributed by atoms with Gasteiger partial charge in [-0.25, -0.2) is 0 Å². The first-order valence-corrected chi connectivity index (χ1v) is 5.64. The SMILES string of the molecule is Cc1ccc(/N=N/c2cc(C)c(O)cc2N)cc1. The van der Waals surface area contributed by atoms with Crippen molar-refractivity contribution in [2.45, 2.75) is 13.8 Å². The van der Waals surface area contributed by atoms with Crippen LogP contribution in [0.25, 0.3) is 0 Å². The first kappa shape index (κ1) is 12.1. The Bertz CT molecular complexity index is 589. The standard InChI is InChI=1S/C14H15N3O/c1-9-3-5-11(6-4-9)16-17-13-7-10(2)14(18)8-12(13)15/h3-8,18H,15H2,1-2H3/b17-16+. The minimum Gasteiger partial charge on any atom is -0.508 e. The Kier molecular flexibility index (Phi) is 3.28. The summed E-state index contributed by atoms with van der Waals surface area (Å²) in [5.74, 6) is 0.168. The van der Waals surface area contributed by atoms with Crippen LogP contribution in [-0.4, -0.2) is 5.11 Å². The van der Waals surface area contributed by atoms with Gasteiger partial charge in [-0.2, -0.15) is 5.11 Å². The first-order chi connectivity index (χ1) is 8.56. The van der Waals surface area contributed by atoms with E-state index in [0.717, 1.165) is 11.3 Å². The largest absolute Gasteiger partial charge is 0.508 e. The van der Waals surface area contributed by atoms with Gasteiger partial charge in [0.2, 0.25) is 0 Å². The highest BCUT2D eigenvalue weighted by molar-refractivity contribution is 5.66. The number of phenols is 1. The molecule has 0 unspecified atom stereocenters. The van der Waals surface area contributed by atoms with E-state index in [1.54, 1.807) is 13.0 Å². The minimum absolute atomic E-state index is 0.168. The van der Waals surface area contributed by atoms with Crippen molar-refractivity contribution in [1.29, 1.82) is 0 Å². The maximum atomic E-state index is 9.49. The summed E-state index contributed by atoms with van der Waals surface area (Å²) < 4.78 is 0. The van der Waals surface area contributed by atoms with Crippen molar-refractivity contribution in [2.75, 3.05) is 5.73 Å². The molecule has 0 amide bonds. The molecule has 0 aliphatic carbocycles. The summed E-state index contributed by atoms with van der Waals surface area (Å²) in [5, 5.41) is 17.7. The van der Waals surface area contributed by atoms with E-state index in [0.29, 0.717) is 11.4 Å². The molecule has 2 aromatic carbocycles. The first-order valence-electron chi connectivity index (χ1n) is 5.64. The van der Waals surface area contributed by atoms with Gasteiger partial charge in [-0.3, -0.25) is 0 Å². The number of nitrogen functional groups attached to an aromatic ring is 1. The number of aryl methyl sites for hydroxylation is 2. The number of anilines is 1. The van der Waals surface area contributed by atoms with Crippen LogP contribution in [0.15, 0.2) is 46.6 Å². The van der Waals surface area contributed by atoms with Gasteiger partial charge in [0, 0.05) is 6.07 Å². The van der Waals surface area contributed by atoms with E-state index >= 15 is 0 Å². The van der Waals surface area contributed by atoms with Gasteiger partial charge in [0.25, 0.3) is 0 Å². The lowest BCUT2D eigenvalue weighted by Gasteiger charge is -2.03. The molecule has 0 radical (unpaired) electrons. The molecule has 0 bridgehead atoms. The van der Waals surface area contributed by atoms with Crippen molar-refractivity contribution >= 4 is 17.1 Å². The fraction of sp³-hybridized carbons (Fsp3) is 0.143. The Morgan fingerprint density at radius 1 is 1.00 bits per heavy atom. The fourth-order valence-electron chi connectivity index (χ4n) is 1.51. The molecule has 0 spiro atoms. The molecule has 0 aliphatic heterocycles. The number of phenolic OH excluding ortho intramolecular Hbond substituents is 1. The van der Waals surface area contributed by atoms with Gasteiger partial charge in [0.15, 0.2) is 0 Å². The van der Waals surface area contributed by atoms with Crippen molar-refractivity contribution in [1.82, 2.24) is 0 Å². The zero-order valence-electron chi connectivity index (χ0n) is 10.4. The summed E-state index contributed by atoms with van der Waals surface area (Å²) >= 11 is 0. The summed E-state index contributed by atoms with van der Waals surface area (Å²) in [6.07, 6.45) is 0. The van der Waals surface area contributed by atoms with Crippen LogP contribution in [0.1, 0.15) is 11.1 Å². The molecule has 0 heterocycles. The summed E-state index contributed by atoms with van der Waals surface area (Å²) in [6.45, 7) is 3.81. The van der Waals surface area contributed by atoms with Crippen LogP contribution >= 0.6 is 0 Å². The predicted octanol–water partition coefficient (Wildman–Crippen LogP) is 4.01. The zero-order chi connectivity index (χ0) is 13.1. The molecule has 4 heteroatoms. The van der Waals surface area contributed by atoms with Gasteiger partial charge in [0.1, 0.15) is 11.4 Å². The highest BCUT2D eigenvalue weighted by Gasteiger charge is 2.03. The van der Waals surface area contributed by atoms with Crippen molar-refractivity contribution in [2.24, 2.45) is 10.2 Å². The topological polar surface area (TPSA) is 71.0 Å². The molecule has 0 atom stereocenters. The summed E-state index contributed by atoms with van der Waals surface area (Å²) in [4.78, 5) is 0. The molecule has 92 valence electrons. The van der Waals surface area contributed by atoms with E-state index in [1.165, 1.54) is 11.6 Å². The van der Waals surface area contributed by atoms with Crippen LogP contribution in [0.2, 0.25) is 0 Å². The highest BCUT2D eigenvalue weighted by Crippen LogP contribution is 2.30. The molecule has 0 aliphatic rings. The molecule has 0 fully saturated rings. The average Bonchev–Trinajstić information content (AvgIpc) is 2.34. The van der Waals surface area contributed by atoms with E-state index < -0.39 is 0 Å². The molecular weight excluding hydrogens is 226 g/mol. The van der Waals surface area contributed by atoms with Crippen LogP contribution < -0.4 is 5.73 Å². The molecule has 2 aromatic rings. The highest BCUT2D eigenvalue weighted by atomic mass is 16.3. The van der Waals surface area contributed by atoms with Crippen molar-refractivity contribution in [3.05, 3.63) is 47.5 Å². The van der Waals surface area contributed by atoms with Gasteiger partial charge in [-0.05, 0) is 37.6 Å². The van der Waals surface area contributed by atoms with Crippen LogP contribution in [0, 0.1) is 13.8 Å².